The highest BCUT2D eigenvalue weighted by atomic mass is 15.3. The molecule has 1 fully saturated rings. The number of hydrogen-bond acceptors (Lipinski definition) is 3. The number of rotatable bonds is 5. The van der Waals surface area contributed by atoms with Crippen LogP contribution in [0.25, 0.3) is 5.82 Å². The summed E-state index contributed by atoms with van der Waals surface area (Å²) < 4.78 is 1.86. The predicted molar refractivity (Wildman–Crippen MR) is 75.3 cm³/mol. The Morgan fingerprint density at radius 2 is 2.21 bits per heavy atom. The van der Waals surface area contributed by atoms with Crippen LogP contribution in [-0.2, 0) is 13.0 Å². The molecule has 2 aromatic heterocycles. The van der Waals surface area contributed by atoms with Gasteiger partial charge in [0.1, 0.15) is 0 Å². The van der Waals surface area contributed by atoms with Crippen molar-refractivity contribution in [1.29, 1.82) is 0 Å². The molecule has 2 heterocycles. The first-order valence-electron chi connectivity index (χ1n) is 7.00. The molecule has 3 rings (SSSR count). The molecule has 0 spiro atoms. The van der Waals surface area contributed by atoms with Crippen LogP contribution in [0.1, 0.15) is 36.7 Å². The Morgan fingerprint density at radius 1 is 1.37 bits per heavy atom. The minimum absolute atomic E-state index is 0.730. The number of pyridine rings is 1. The van der Waals surface area contributed by atoms with Crippen molar-refractivity contribution in [3.8, 4) is 5.82 Å². The molecule has 0 bridgehead atoms. The van der Waals surface area contributed by atoms with E-state index >= 15 is 0 Å². The highest BCUT2D eigenvalue weighted by Gasteiger charge is 2.20. The van der Waals surface area contributed by atoms with Crippen molar-refractivity contribution in [2.75, 3.05) is 0 Å². The lowest BCUT2D eigenvalue weighted by molar-refractivity contribution is 0.683. The first kappa shape index (κ1) is 12.4. The molecule has 4 nitrogen and oxygen atoms in total. The second-order valence-corrected chi connectivity index (χ2v) is 5.24. The van der Waals surface area contributed by atoms with Crippen LogP contribution in [0.5, 0.6) is 0 Å². The van der Waals surface area contributed by atoms with Crippen LogP contribution in [0.2, 0.25) is 0 Å². The van der Waals surface area contributed by atoms with Crippen LogP contribution in [0, 0.1) is 6.92 Å². The average Bonchev–Trinajstić information content (AvgIpc) is 3.16. The van der Waals surface area contributed by atoms with E-state index in [1.165, 1.54) is 18.4 Å². The normalized spacial score (nSPS) is 14.8. The molecule has 2 aromatic rings. The van der Waals surface area contributed by atoms with Gasteiger partial charge in [-0.05, 0) is 49.9 Å². The quantitative estimate of drug-likeness (QED) is 0.893. The maximum atomic E-state index is 4.65. The lowest BCUT2D eigenvalue weighted by atomic mass is 10.2. The second-order valence-electron chi connectivity index (χ2n) is 5.24. The lowest BCUT2D eigenvalue weighted by Crippen LogP contribution is -2.16. The van der Waals surface area contributed by atoms with Crippen LogP contribution in [0.4, 0.5) is 0 Å². The fraction of sp³-hybridized carbons (Fsp3) is 0.467. The summed E-state index contributed by atoms with van der Waals surface area (Å²) in [6.45, 7) is 5.06. The zero-order valence-corrected chi connectivity index (χ0v) is 11.6. The van der Waals surface area contributed by atoms with Gasteiger partial charge < -0.3 is 5.32 Å². The Hall–Kier alpha value is -1.68. The Bertz CT molecular complexity index is 569. The van der Waals surface area contributed by atoms with Gasteiger partial charge in [-0.25, -0.2) is 9.67 Å². The smallest absolute Gasteiger partial charge is 0.153 e. The maximum absolute atomic E-state index is 4.65. The molecule has 1 aliphatic rings. The van der Waals surface area contributed by atoms with Gasteiger partial charge in [0.15, 0.2) is 5.82 Å². The van der Waals surface area contributed by atoms with E-state index in [0.717, 1.165) is 36.2 Å². The minimum Gasteiger partial charge on any atom is -0.310 e. The molecule has 0 aliphatic heterocycles. The molecule has 1 saturated carbocycles. The van der Waals surface area contributed by atoms with Crippen LogP contribution in [0.15, 0.2) is 24.4 Å². The second kappa shape index (κ2) is 5.13. The summed E-state index contributed by atoms with van der Waals surface area (Å²) in [4.78, 5) is 4.65. The lowest BCUT2D eigenvalue weighted by Gasteiger charge is -2.09. The van der Waals surface area contributed by atoms with Gasteiger partial charge in [0.25, 0.3) is 0 Å². The van der Waals surface area contributed by atoms with Crippen LogP contribution >= 0.6 is 0 Å². The minimum atomic E-state index is 0.730. The Balaban J connectivity index is 1.87. The van der Waals surface area contributed by atoms with E-state index in [4.69, 9.17) is 0 Å². The van der Waals surface area contributed by atoms with E-state index in [0.29, 0.717) is 0 Å². The Morgan fingerprint density at radius 3 is 2.84 bits per heavy atom. The molecule has 1 aliphatic carbocycles. The first-order chi connectivity index (χ1) is 9.24. The molecule has 0 radical (unpaired) electrons. The van der Waals surface area contributed by atoms with Crippen LogP contribution < -0.4 is 5.32 Å². The van der Waals surface area contributed by atoms with Crippen molar-refractivity contribution in [3.05, 3.63) is 41.3 Å². The van der Waals surface area contributed by atoms with E-state index in [1.54, 1.807) is 0 Å². The number of nitrogens with one attached hydrogen (secondary N) is 1. The molecular formula is C15H20N4. The standard InChI is InChI=1S/C15H20N4/c1-3-13-8-12(10-16-14-4-5-14)9-15(17-13)19-7-6-11(2)18-19/h6-9,14,16H,3-5,10H2,1-2H3. The molecule has 0 unspecified atom stereocenters. The number of aryl methyl sites for hydroxylation is 2. The van der Waals surface area contributed by atoms with Gasteiger partial charge >= 0.3 is 0 Å². The molecule has 0 atom stereocenters. The van der Waals surface area contributed by atoms with Crippen molar-refractivity contribution in [1.82, 2.24) is 20.1 Å². The number of nitrogens with zero attached hydrogens (tertiary/aromatic N) is 3. The largest absolute Gasteiger partial charge is 0.310 e. The molecule has 100 valence electrons. The van der Waals surface area contributed by atoms with E-state index < -0.39 is 0 Å². The SMILES string of the molecule is CCc1cc(CNC2CC2)cc(-n2ccc(C)n2)n1. The number of hydrogen-bond donors (Lipinski definition) is 1. The van der Waals surface area contributed by atoms with E-state index in [-0.39, 0.29) is 0 Å². The van der Waals surface area contributed by atoms with Crippen LogP contribution in [-0.4, -0.2) is 20.8 Å². The third-order valence-corrected chi connectivity index (χ3v) is 3.42. The Kier molecular flexibility index (Phi) is 3.34. The molecule has 4 heteroatoms. The van der Waals surface area contributed by atoms with E-state index in [2.05, 4.69) is 34.5 Å². The van der Waals surface area contributed by atoms with Crippen LogP contribution in [0.3, 0.4) is 0 Å². The van der Waals surface area contributed by atoms with Gasteiger partial charge in [0.05, 0.1) is 5.69 Å². The summed E-state index contributed by atoms with van der Waals surface area (Å²) in [5, 5.41) is 7.99. The van der Waals surface area contributed by atoms with Crippen molar-refractivity contribution >= 4 is 0 Å². The van der Waals surface area contributed by atoms with Crippen molar-refractivity contribution < 1.29 is 0 Å². The van der Waals surface area contributed by atoms with E-state index in [1.807, 2.05) is 23.9 Å². The van der Waals surface area contributed by atoms with Gasteiger partial charge in [0.2, 0.25) is 0 Å². The first-order valence-corrected chi connectivity index (χ1v) is 7.00. The average molecular weight is 256 g/mol. The molecule has 1 N–H and O–H groups in total. The summed E-state index contributed by atoms with van der Waals surface area (Å²) in [5.74, 6) is 0.917. The predicted octanol–water partition coefficient (Wildman–Crippen LogP) is 2.39. The summed E-state index contributed by atoms with van der Waals surface area (Å²) in [7, 11) is 0. The van der Waals surface area contributed by atoms with Gasteiger partial charge in [-0.3, -0.25) is 0 Å². The third kappa shape index (κ3) is 3.01. The highest BCUT2D eigenvalue weighted by molar-refractivity contribution is 5.31. The zero-order valence-electron chi connectivity index (χ0n) is 11.6. The van der Waals surface area contributed by atoms with Gasteiger partial charge in [0, 0.05) is 24.5 Å². The summed E-state index contributed by atoms with van der Waals surface area (Å²) in [5.41, 5.74) is 3.43. The van der Waals surface area contributed by atoms with Gasteiger partial charge in [-0.1, -0.05) is 6.92 Å². The third-order valence-electron chi connectivity index (χ3n) is 3.42. The highest BCUT2D eigenvalue weighted by Crippen LogP contribution is 2.20. The van der Waals surface area contributed by atoms with Crippen molar-refractivity contribution in [2.45, 2.75) is 45.7 Å². The summed E-state index contributed by atoms with van der Waals surface area (Å²) in [6, 6.07) is 7.05. The molecule has 0 aromatic carbocycles. The topological polar surface area (TPSA) is 42.7 Å². The van der Waals surface area contributed by atoms with Gasteiger partial charge in [-0.2, -0.15) is 5.10 Å². The summed E-state index contributed by atoms with van der Waals surface area (Å²) in [6.07, 6.45) is 5.55. The molecule has 0 amide bonds. The van der Waals surface area contributed by atoms with Crippen molar-refractivity contribution in [3.63, 3.8) is 0 Å². The molecule has 0 saturated heterocycles. The maximum Gasteiger partial charge on any atom is 0.153 e. The Labute approximate surface area is 113 Å². The number of aromatic nitrogens is 3. The zero-order chi connectivity index (χ0) is 13.2. The monoisotopic (exact) mass is 256 g/mol. The van der Waals surface area contributed by atoms with Gasteiger partial charge in [-0.15, -0.1) is 0 Å². The fourth-order valence-corrected chi connectivity index (χ4v) is 2.13. The summed E-state index contributed by atoms with van der Waals surface area (Å²) >= 11 is 0. The molecule has 19 heavy (non-hydrogen) atoms. The van der Waals surface area contributed by atoms with E-state index in [9.17, 15) is 0 Å². The van der Waals surface area contributed by atoms with Crippen molar-refractivity contribution in [2.24, 2.45) is 0 Å². The molecular weight excluding hydrogens is 236 g/mol. The fourth-order valence-electron chi connectivity index (χ4n) is 2.13.